The largest absolute Gasteiger partial charge is 0.351 e. The molecule has 0 aliphatic carbocycles. The summed E-state index contributed by atoms with van der Waals surface area (Å²) in [5, 5.41) is 0. The lowest BCUT2D eigenvalue weighted by atomic mass is 9.89. The van der Waals surface area contributed by atoms with Gasteiger partial charge in [0.05, 0.1) is 11.4 Å². The highest BCUT2D eigenvalue weighted by Gasteiger charge is 2.25. The molecule has 130 valence electrons. The van der Waals surface area contributed by atoms with Crippen LogP contribution in [0, 0.1) is 5.92 Å². The Bertz CT molecular complexity index is 753. The topological polar surface area (TPSA) is 66.6 Å². The first kappa shape index (κ1) is 17.2. The van der Waals surface area contributed by atoms with E-state index < -0.39 is 6.03 Å². The second-order valence-corrected chi connectivity index (χ2v) is 6.50. The van der Waals surface area contributed by atoms with Crippen molar-refractivity contribution in [1.29, 1.82) is 0 Å². The molecule has 1 aliphatic rings. The van der Waals surface area contributed by atoms with E-state index in [2.05, 4.69) is 11.9 Å². The number of hydrogen-bond donors (Lipinski definition) is 1. The van der Waals surface area contributed by atoms with Gasteiger partial charge in [-0.05, 0) is 57.2 Å². The van der Waals surface area contributed by atoms with Crippen molar-refractivity contribution >= 4 is 23.2 Å². The van der Waals surface area contributed by atoms with Crippen molar-refractivity contribution < 1.29 is 9.59 Å². The van der Waals surface area contributed by atoms with Crippen molar-refractivity contribution in [1.82, 2.24) is 4.90 Å². The van der Waals surface area contributed by atoms with Gasteiger partial charge in [-0.2, -0.15) is 0 Å². The molecular weight excluding hydrogens is 314 g/mol. The van der Waals surface area contributed by atoms with E-state index in [1.54, 1.807) is 18.2 Å². The fourth-order valence-corrected chi connectivity index (χ4v) is 3.29. The third-order valence-electron chi connectivity index (χ3n) is 4.71. The number of Topliss-reactive ketones (excluding diaryl/α,β-unsaturated/α-hetero) is 1. The molecule has 0 aromatic heterocycles. The monoisotopic (exact) mass is 337 g/mol. The van der Waals surface area contributed by atoms with Crippen LogP contribution in [0.1, 0.15) is 23.2 Å². The van der Waals surface area contributed by atoms with E-state index in [0.717, 1.165) is 25.9 Å². The molecule has 1 fully saturated rings. The van der Waals surface area contributed by atoms with Crippen LogP contribution in [0.2, 0.25) is 0 Å². The van der Waals surface area contributed by atoms with Gasteiger partial charge in [-0.3, -0.25) is 9.69 Å². The fraction of sp³-hybridized carbons (Fsp3) is 0.300. The minimum absolute atomic E-state index is 0.0465. The molecule has 0 unspecified atom stereocenters. The molecule has 2 aromatic carbocycles. The number of primary amides is 1. The minimum atomic E-state index is -0.574. The molecule has 2 aromatic rings. The number of para-hydroxylation sites is 1. The van der Waals surface area contributed by atoms with E-state index >= 15 is 0 Å². The van der Waals surface area contributed by atoms with Gasteiger partial charge >= 0.3 is 6.03 Å². The highest BCUT2D eigenvalue weighted by Crippen LogP contribution is 2.28. The third-order valence-corrected chi connectivity index (χ3v) is 4.71. The number of rotatable bonds is 4. The van der Waals surface area contributed by atoms with E-state index in [9.17, 15) is 9.59 Å². The smallest absolute Gasteiger partial charge is 0.323 e. The maximum absolute atomic E-state index is 12.8. The molecule has 0 atom stereocenters. The summed E-state index contributed by atoms with van der Waals surface area (Å²) >= 11 is 0. The molecule has 1 heterocycles. The van der Waals surface area contributed by atoms with Gasteiger partial charge in [-0.25, -0.2) is 4.79 Å². The predicted octanol–water partition coefficient (Wildman–Crippen LogP) is 3.43. The van der Waals surface area contributed by atoms with Crippen molar-refractivity contribution in [2.75, 3.05) is 25.0 Å². The summed E-state index contributed by atoms with van der Waals surface area (Å²) in [5.74, 6) is 0.192. The Hall–Kier alpha value is -2.66. The summed E-state index contributed by atoms with van der Waals surface area (Å²) in [5.41, 5.74) is 7.50. The number of nitrogens with two attached hydrogens (primary N) is 1. The van der Waals surface area contributed by atoms with Gasteiger partial charge in [0.25, 0.3) is 0 Å². The first-order valence-electron chi connectivity index (χ1n) is 8.53. The predicted molar refractivity (Wildman–Crippen MR) is 99.2 cm³/mol. The van der Waals surface area contributed by atoms with Gasteiger partial charge in [0, 0.05) is 11.5 Å². The molecule has 1 aliphatic heterocycles. The normalized spacial score (nSPS) is 15.7. The Morgan fingerprint density at radius 3 is 2.28 bits per heavy atom. The number of anilines is 2. The van der Waals surface area contributed by atoms with Crippen LogP contribution in [-0.4, -0.2) is 36.9 Å². The van der Waals surface area contributed by atoms with E-state index in [-0.39, 0.29) is 11.7 Å². The molecule has 0 radical (unpaired) electrons. The first-order valence-corrected chi connectivity index (χ1v) is 8.53. The van der Waals surface area contributed by atoms with Crippen LogP contribution in [0.5, 0.6) is 0 Å². The number of carbonyl (C=O) groups is 2. The number of amides is 2. The average Bonchev–Trinajstić information content (AvgIpc) is 2.63. The zero-order valence-corrected chi connectivity index (χ0v) is 14.4. The number of hydrogen-bond acceptors (Lipinski definition) is 3. The maximum atomic E-state index is 12.8. The van der Waals surface area contributed by atoms with Gasteiger partial charge in [0.1, 0.15) is 0 Å². The molecule has 3 rings (SSSR count). The molecule has 2 amide bonds. The number of carbonyl (C=O) groups excluding carboxylic acids is 2. The zero-order valence-electron chi connectivity index (χ0n) is 14.4. The summed E-state index contributed by atoms with van der Waals surface area (Å²) < 4.78 is 0. The minimum Gasteiger partial charge on any atom is -0.351 e. The van der Waals surface area contributed by atoms with Crippen LogP contribution in [0.3, 0.4) is 0 Å². The molecule has 0 spiro atoms. The molecule has 0 bridgehead atoms. The van der Waals surface area contributed by atoms with Gasteiger partial charge < -0.3 is 10.6 Å². The van der Waals surface area contributed by atoms with Crippen molar-refractivity contribution in [3.8, 4) is 0 Å². The quantitative estimate of drug-likeness (QED) is 0.869. The number of piperidine rings is 1. The lowest BCUT2D eigenvalue weighted by molar-refractivity contribution is 0.0857. The van der Waals surface area contributed by atoms with Crippen LogP contribution < -0.4 is 10.6 Å². The Labute approximate surface area is 148 Å². The molecule has 25 heavy (non-hydrogen) atoms. The molecule has 2 N–H and O–H groups in total. The lowest BCUT2D eigenvalue weighted by Gasteiger charge is -2.28. The Morgan fingerprint density at radius 1 is 1.00 bits per heavy atom. The highest BCUT2D eigenvalue weighted by molar-refractivity contribution is 6.02. The van der Waals surface area contributed by atoms with Crippen LogP contribution in [-0.2, 0) is 0 Å². The van der Waals surface area contributed by atoms with Crippen LogP contribution in [0.15, 0.2) is 54.6 Å². The first-order chi connectivity index (χ1) is 12.1. The van der Waals surface area contributed by atoms with Crippen molar-refractivity contribution in [3.63, 3.8) is 0 Å². The molecule has 5 heteroatoms. The number of urea groups is 1. The second kappa shape index (κ2) is 7.49. The average molecular weight is 337 g/mol. The summed E-state index contributed by atoms with van der Waals surface area (Å²) in [4.78, 5) is 28.5. The van der Waals surface area contributed by atoms with Crippen LogP contribution in [0.25, 0.3) is 0 Å². The lowest BCUT2D eigenvalue weighted by Crippen LogP contribution is -2.34. The molecular formula is C20H23N3O2. The van der Waals surface area contributed by atoms with Crippen molar-refractivity contribution in [2.45, 2.75) is 12.8 Å². The summed E-state index contributed by atoms with van der Waals surface area (Å²) in [6, 6.07) is 15.8. The van der Waals surface area contributed by atoms with Gasteiger partial charge in [0.15, 0.2) is 5.78 Å². The van der Waals surface area contributed by atoms with Gasteiger partial charge in [-0.1, -0.05) is 30.3 Å². The molecule has 5 nitrogen and oxygen atoms in total. The Balaban J connectivity index is 1.87. The van der Waals surface area contributed by atoms with E-state index in [1.165, 1.54) is 4.90 Å². The maximum Gasteiger partial charge on any atom is 0.323 e. The summed E-state index contributed by atoms with van der Waals surface area (Å²) in [6.07, 6.45) is 1.75. The van der Waals surface area contributed by atoms with Gasteiger partial charge in [-0.15, -0.1) is 0 Å². The van der Waals surface area contributed by atoms with E-state index in [1.807, 2.05) is 36.4 Å². The Kier molecular flexibility index (Phi) is 5.14. The van der Waals surface area contributed by atoms with E-state index in [4.69, 9.17) is 5.73 Å². The molecule has 1 saturated heterocycles. The number of nitrogens with zero attached hydrogens (tertiary/aromatic N) is 2. The van der Waals surface area contributed by atoms with Crippen molar-refractivity contribution in [3.05, 3.63) is 60.2 Å². The fourth-order valence-electron chi connectivity index (χ4n) is 3.29. The SMILES string of the molecule is CN1CCC(C(=O)c2cccc(N(C(N)=O)c3ccccc3)c2)CC1. The van der Waals surface area contributed by atoms with Crippen molar-refractivity contribution in [2.24, 2.45) is 11.7 Å². The summed E-state index contributed by atoms with van der Waals surface area (Å²) in [6.45, 7) is 1.88. The second-order valence-electron chi connectivity index (χ2n) is 6.50. The van der Waals surface area contributed by atoms with Gasteiger partial charge in [0.2, 0.25) is 0 Å². The number of likely N-dealkylation sites (tertiary alicyclic amines) is 1. The number of benzene rings is 2. The molecule has 0 saturated carbocycles. The Morgan fingerprint density at radius 2 is 1.64 bits per heavy atom. The van der Waals surface area contributed by atoms with Crippen LogP contribution >= 0.6 is 0 Å². The highest BCUT2D eigenvalue weighted by atomic mass is 16.2. The zero-order chi connectivity index (χ0) is 17.8. The standard InChI is InChI=1S/C20H23N3O2/c1-22-12-10-15(11-13-22)19(24)16-6-5-9-18(14-16)23(20(21)25)17-7-3-2-4-8-17/h2-9,14-15H,10-13H2,1H3,(H2,21,25). The third kappa shape index (κ3) is 3.88. The van der Waals surface area contributed by atoms with Crippen LogP contribution in [0.4, 0.5) is 16.2 Å². The summed E-state index contributed by atoms with van der Waals surface area (Å²) in [7, 11) is 2.08. The van der Waals surface area contributed by atoms with E-state index in [0.29, 0.717) is 16.9 Å². The number of ketones is 1.